The molecule has 8 unspecified atom stereocenters. The van der Waals surface area contributed by atoms with Crippen LogP contribution in [0.4, 0.5) is 0 Å². The van der Waals surface area contributed by atoms with Gasteiger partial charge in [0.05, 0.1) is 31.1 Å². The van der Waals surface area contributed by atoms with Crippen molar-refractivity contribution in [2.75, 3.05) is 18.6 Å². The van der Waals surface area contributed by atoms with E-state index in [1.54, 1.807) is 6.26 Å². The first-order chi connectivity index (χ1) is 24.0. The minimum Gasteiger partial charge on any atom is -0.502 e. The first-order valence-electron chi connectivity index (χ1n) is 19.7. The molecule has 0 radical (unpaired) electrons. The average molecular weight is 710 g/mol. The molecule has 0 aromatic rings. The van der Waals surface area contributed by atoms with Gasteiger partial charge in [-0.05, 0) is 169 Å². The Kier molecular flexibility index (Phi) is 18.0. The van der Waals surface area contributed by atoms with Crippen LogP contribution in [-0.2, 0) is 9.47 Å². The zero-order valence-electron chi connectivity index (χ0n) is 30.9. The van der Waals surface area contributed by atoms with E-state index >= 15 is 0 Å². The smallest absolute Gasteiger partial charge is 0.0967 e. The van der Waals surface area contributed by atoms with Crippen LogP contribution in [0.25, 0.3) is 0 Å². The van der Waals surface area contributed by atoms with Crippen LogP contribution in [0.15, 0.2) is 97.6 Å². The molecule has 4 heteroatoms. The van der Waals surface area contributed by atoms with Crippen LogP contribution in [0.3, 0.4) is 0 Å². The van der Waals surface area contributed by atoms with Gasteiger partial charge in [0.2, 0.25) is 0 Å². The fourth-order valence-corrected chi connectivity index (χ4v) is 9.78. The summed E-state index contributed by atoms with van der Waals surface area (Å²) in [7, 11) is 0. The van der Waals surface area contributed by atoms with Crippen molar-refractivity contribution >= 4 is 23.2 Å². The Morgan fingerprint density at radius 3 is 1.78 bits per heavy atom. The molecular formula is C45H66Cl2O2. The maximum absolute atomic E-state index is 5.34. The molecule has 0 aromatic carbocycles. The summed E-state index contributed by atoms with van der Waals surface area (Å²) in [5, 5.41) is 0.194. The zero-order chi connectivity index (χ0) is 34.8. The topological polar surface area (TPSA) is 18.5 Å². The Morgan fingerprint density at radius 1 is 0.571 bits per heavy atom. The van der Waals surface area contributed by atoms with E-state index < -0.39 is 0 Å². The molecule has 0 saturated heterocycles. The average Bonchev–Trinajstić information content (AvgIpc) is 3.97. The van der Waals surface area contributed by atoms with E-state index in [9.17, 15) is 0 Å². The summed E-state index contributed by atoms with van der Waals surface area (Å²) in [5.41, 5.74) is 0. The summed E-state index contributed by atoms with van der Waals surface area (Å²) in [6.07, 6.45) is 50.7. The molecule has 0 amide bonds. The van der Waals surface area contributed by atoms with Crippen molar-refractivity contribution in [3.63, 3.8) is 0 Å². The lowest BCUT2D eigenvalue weighted by Gasteiger charge is -2.18. The quantitative estimate of drug-likeness (QED) is 0.142. The van der Waals surface area contributed by atoms with E-state index in [2.05, 4.69) is 85.9 Å². The van der Waals surface area contributed by atoms with Gasteiger partial charge in [0.1, 0.15) is 0 Å². The molecule has 272 valence electrons. The number of halogens is 2. The first-order valence-corrected chi connectivity index (χ1v) is 20.8. The molecule has 4 saturated carbocycles. The van der Waals surface area contributed by atoms with Crippen molar-refractivity contribution in [3.8, 4) is 0 Å². The number of hydrogen-bond acceptors (Lipinski definition) is 2. The van der Waals surface area contributed by atoms with Gasteiger partial charge < -0.3 is 9.47 Å². The van der Waals surface area contributed by atoms with Crippen LogP contribution in [0.2, 0.25) is 0 Å². The summed E-state index contributed by atoms with van der Waals surface area (Å²) in [5.74, 6) is 10.5. The number of ether oxygens (including phenoxy) is 2. The molecule has 49 heavy (non-hydrogen) atoms. The fourth-order valence-electron chi connectivity index (χ4n) is 9.78. The SMILES string of the molecule is C/C=C/OCC.C/C=C/[C@H]1C[C@@H](/C=C\C2CCC(/C=C/OCC)C2)[C@H]2C=CC[C@H]21.C1=CC2C3C=CC(C3)C2C1.C1=CC2CCC1C2.ClCCl. The Bertz CT molecular complexity index is 1160. The molecular weight excluding hydrogens is 643 g/mol. The largest absolute Gasteiger partial charge is 0.502 e. The second kappa shape index (κ2) is 22.1. The second-order valence-corrected chi connectivity index (χ2v) is 15.9. The summed E-state index contributed by atoms with van der Waals surface area (Å²) in [4.78, 5) is 0. The zero-order valence-corrected chi connectivity index (χ0v) is 32.4. The Hall–Kier alpha value is -1.90. The third kappa shape index (κ3) is 12.1. The molecule has 0 N–H and O–H groups in total. The number of hydrogen-bond donors (Lipinski definition) is 0. The maximum Gasteiger partial charge on any atom is 0.0967 e. The molecule has 0 aromatic heterocycles. The monoisotopic (exact) mass is 708 g/mol. The summed E-state index contributed by atoms with van der Waals surface area (Å²) in [6, 6.07) is 0. The normalized spacial score (nSPS) is 38.0. The van der Waals surface area contributed by atoms with E-state index in [0.717, 1.165) is 84.2 Å². The van der Waals surface area contributed by atoms with Crippen molar-refractivity contribution in [2.45, 2.75) is 91.9 Å². The molecule has 8 rings (SSSR count). The third-order valence-electron chi connectivity index (χ3n) is 12.1. The highest BCUT2D eigenvalue weighted by atomic mass is 35.5. The van der Waals surface area contributed by atoms with Gasteiger partial charge in [-0.15, -0.1) is 23.2 Å². The molecule has 0 heterocycles. The van der Waals surface area contributed by atoms with Crippen LogP contribution < -0.4 is 0 Å². The van der Waals surface area contributed by atoms with E-state index in [1.807, 2.05) is 33.1 Å². The van der Waals surface area contributed by atoms with Gasteiger partial charge in [-0.2, -0.15) is 0 Å². The van der Waals surface area contributed by atoms with Crippen LogP contribution in [-0.4, -0.2) is 18.6 Å². The van der Waals surface area contributed by atoms with Crippen molar-refractivity contribution in [1.29, 1.82) is 0 Å². The van der Waals surface area contributed by atoms with Crippen molar-refractivity contribution in [1.82, 2.24) is 0 Å². The van der Waals surface area contributed by atoms with Gasteiger partial charge in [-0.1, -0.05) is 79.0 Å². The molecule has 0 aliphatic heterocycles. The van der Waals surface area contributed by atoms with Crippen LogP contribution in [0, 0.1) is 71.0 Å². The predicted molar refractivity (Wildman–Crippen MR) is 212 cm³/mol. The van der Waals surface area contributed by atoms with Gasteiger partial charge in [0.25, 0.3) is 0 Å². The lowest BCUT2D eigenvalue weighted by molar-refractivity contribution is 0.266. The number of rotatable bonds is 8. The van der Waals surface area contributed by atoms with Gasteiger partial charge in [-0.3, -0.25) is 0 Å². The standard InChI is InChI=1S/C22H32O.C10H12.C7H10.C5H10O.CH2Cl2/c1-3-6-19-16-20(22-8-5-7-21(19)22)12-11-17-9-10-18(15-17)13-14-23-4-2;1-2-9-7-4-5-8(6-7)10(9)3-1;1-2-7-4-3-6(1)5-7;1-3-5-6-4-2;2-1-3/h3,5-6,8,11-14,17-22H,4,7,9-10,15-16H2,1-2H3;1-2,4-5,7-10H,3,6H2;1-2,6-7H,3-5H2;3,5H,4H2,1-2H3;1H2/b6-3+,12-11-,14-13+;;;5-3+;/t17?,18?,19-,20+,21-,22+;;;;/m0..../s1. The van der Waals surface area contributed by atoms with Crippen molar-refractivity contribution < 1.29 is 9.47 Å². The summed E-state index contributed by atoms with van der Waals surface area (Å²) < 4.78 is 10.1. The van der Waals surface area contributed by atoms with E-state index in [4.69, 9.17) is 32.7 Å². The number of alkyl halides is 2. The molecule has 2 nitrogen and oxygen atoms in total. The van der Waals surface area contributed by atoms with Gasteiger partial charge >= 0.3 is 0 Å². The number of fused-ring (bicyclic) bond motifs is 8. The van der Waals surface area contributed by atoms with Gasteiger partial charge in [0.15, 0.2) is 0 Å². The highest BCUT2D eigenvalue weighted by Gasteiger charge is 2.44. The van der Waals surface area contributed by atoms with E-state index in [-0.39, 0.29) is 5.34 Å². The third-order valence-corrected chi connectivity index (χ3v) is 12.1. The minimum atomic E-state index is 0.194. The maximum atomic E-state index is 5.34. The second-order valence-electron chi connectivity index (χ2n) is 15.1. The number of allylic oxidation sites excluding steroid dienone is 14. The Balaban J connectivity index is 0.000000168. The first kappa shape index (κ1) is 39.9. The molecule has 8 aliphatic rings. The summed E-state index contributed by atoms with van der Waals surface area (Å²) in [6.45, 7) is 9.63. The van der Waals surface area contributed by atoms with E-state index in [1.165, 1.54) is 64.2 Å². The van der Waals surface area contributed by atoms with E-state index in [0.29, 0.717) is 0 Å². The molecule has 4 fully saturated rings. The van der Waals surface area contributed by atoms with Crippen molar-refractivity contribution in [3.05, 3.63) is 97.6 Å². The Morgan fingerprint density at radius 2 is 1.20 bits per heavy atom. The van der Waals surface area contributed by atoms with Gasteiger partial charge in [0, 0.05) is 0 Å². The Labute approximate surface area is 310 Å². The lowest BCUT2D eigenvalue weighted by atomic mass is 9.86. The minimum absolute atomic E-state index is 0.194. The fraction of sp³-hybridized carbons (Fsp3) is 0.644. The molecule has 12 atom stereocenters. The molecule has 0 spiro atoms. The van der Waals surface area contributed by atoms with Crippen LogP contribution in [0.1, 0.15) is 91.9 Å². The summed E-state index contributed by atoms with van der Waals surface area (Å²) >= 11 is 9.53. The van der Waals surface area contributed by atoms with Crippen LogP contribution >= 0.6 is 23.2 Å². The lowest BCUT2D eigenvalue weighted by Crippen LogP contribution is -2.12. The van der Waals surface area contributed by atoms with Crippen molar-refractivity contribution in [2.24, 2.45) is 71.0 Å². The molecule has 8 aliphatic carbocycles. The van der Waals surface area contributed by atoms with Gasteiger partial charge in [-0.25, -0.2) is 0 Å². The highest BCUT2D eigenvalue weighted by Crippen LogP contribution is 2.52. The highest BCUT2D eigenvalue weighted by molar-refractivity contribution is 6.40. The van der Waals surface area contributed by atoms with Crippen LogP contribution in [0.5, 0.6) is 0 Å². The predicted octanol–water partition coefficient (Wildman–Crippen LogP) is 13.2. The molecule has 4 bridgehead atoms.